The normalized spacial score (nSPS) is 18.8. The Labute approximate surface area is 126 Å². The minimum atomic E-state index is -3.69. The standard InChI is InChI=1S/C13H20N2O4S2/c1-15-8-6-11(7-9-15)14-21(18,19)13-5-3-4-12(10-13)20(2,16)17/h3-5,10-11,14H,6-9H2,1-2H3. The molecule has 1 saturated heterocycles. The number of likely N-dealkylation sites (tertiary alicyclic amines) is 1. The highest BCUT2D eigenvalue weighted by molar-refractivity contribution is 7.91. The lowest BCUT2D eigenvalue weighted by Gasteiger charge is -2.29. The van der Waals surface area contributed by atoms with Crippen LogP contribution in [0.5, 0.6) is 0 Å². The van der Waals surface area contributed by atoms with Crippen LogP contribution in [0.1, 0.15) is 12.8 Å². The van der Waals surface area contributed by atoms with Crippen molar-refractivity contribution in [2.45, 2.75) is 28.7 Å². The fraction of sp³-hybridized carbons (Fsp3) is 0.538. The number of nitrogens with one attached hydrogen (secondary N) is 1. The van der Waals surface area contributed by atoms with Gasteiger partial charge < -0.3 is 4.90 Å². The summed E-state index contributed by atoms with van der Waals surface area (Å²) in [6, 6.07) is 5.34. The summed E-state index contributed by atoms with van der Waals surface area (Å²) in [5, 5.41) is 0. The van der Waals surface area contributed by atoms with E-state index in [4.69, 9.17) is 0 Å². The Hall–Kier alpha value is -0.960. The molecular formula is C13H20N2O4S2. The molecule has 1 N–H and O–H groups in total. The zero-order chi connectivity index (χ0) is 15.7. The molecule has 0 amide bonds. The van der Waals surface area contributed by atoms with Crippen molar-refractivity contribution in [2.24, 2.45) is 0 Å². The predicted octanol–water partition coefficient (Wildman–Crippen LogP) is 0.463. The van der Waals surface area contributed by atoms with Crippen LogP contribution >= 0.6 is 0 Å². The van der Waals surface area contributed by atoms with Crippen molar-refractivity contribution in [3.8, 4) is 0 Å². The van der Waals surface area contributed by atoms with Gasteiger partial charge in [0.1, 0.15) is 0 Å². The second-order valence-electron chi connectivity index (χ2n) is 5.45. The van der Waals surface area contributed by atoms with Crippen LogP contribution in [-0.2, 0) is 19.9 Å². The van der Waals surface area contributed by atoms with Crippen LogP contribution in [-0.4, -0.2) is 54.2 Å². The molecule has 0 bridgehead atoms. The summed E-state index contributed by atoms with van der Waals surface area (Å²) >= 11 is 0. The monoisotopic (exact) mass is 332 g/mol. The van der Waals surface area contributed by atoms with Crippen LogP contribution in [0.15, 0.2) is 34.1 Å². The molecule has 1 heterocycles. The van der Waals surface area contributed by atoms with Gasteiger partial charge in [0.05, 0.1) is 9.79 Å². The van der Waals surface area contributed by atoms with E-state index in [1.165, 1.54) is 24.3 Å². The van der Waals surface area contributed by atoms with E-state index in [0.29, 0.717) is 0 Å². The number of nitrogens with zero attached hydrogens (tertiary/aromatic N) is 1. The molecule has 21 heavy (non-hydrogen) atoms. The second kappa shape index (κ2) is 6.04. The van der Waals surface area contributed by atoms with E-state index in [-0.39, 0.29) is 15.8 Å². The maximum atomic E-state index is 12.3. The molecular weight excluding hydrogens is 312 g/mol. The Morgan fingerprint density at radius 1 is 1.10 bits per heavy atom. The molecule has 0 unspecified atom stereocenters. The predicted molar refractivity (Wildman–Crippen MR) is 80.4 cm³/mol. The van der Waals surface area contributed by atoms with Crippen LogP contribution in [0.4, 0.5) is 0 Å². The summed E-state index contributed by atoms with van der Waals surface area (Å²) in [5.74, 6) is 0. The SMILES string of the molecule is CN1CCC(NS(=O)(=O)c2cccc(S(C)(=O)=O)c2)CC1. The van der Waals surface area contributed by atoms with Gasteiger partial charge in [-0.25, -0.2) is 21.6 Å². The van der Waals surface area contributed by atoms with E-state index in [2.05, 4.69) is 9.62 Å². The maximum absolute atomic E-state index is 12.3. The van der Waals surface area contributed by atoms with E-state index in [1.54, 1.807) is 0 Å². The topological polar surface area (TPSA) is 83.6 Å². The van der Waals surface area contributed by atoms with Crippen molar-refractivity contribution in [2.75, 3.05) is 26.4 Å². The van der Waals surface area contributed by atoms with Gasteiger partial charge in [-0.2, -0.15) is 0 Å². The lowest BCUT2D eigenvalue weighted by molar-refractivity contribution is 0.248. The lowest BCUT2D eigenvalue weighted by Crippen LogP contribution is -2.43. The molecule has 2 rings (SSSR count). The third-order valence-electron chi connectivity index (χ3n) is 3.58. The van der Waals surface area contributed by atoms with Crippen LogP contribution in [0.3, 0.4) is 0 Å². The van der Waals surface area contributed by atoms with Gasteiger partial charge in [0.2, 0.25) is 10.0 Å². The van der Waals surface area contributed by atoms with Crippen LogP contribution in [0.2, 0.25) is 0 Å². The van der Waals surface area contributed by atoms with Crippen molar-refractivity contribution in [3.05, 3.63) is 24.3 Å². The first-order chi connectivity index (χ1) is 9.68. The number of rotatable bonds is 4. The number of hydrogen-bond acceptors (Lipinski definition) is 5. The largest absolute Gasteiger partial charge is 0.306 e. The van der Waals surface area contributed by atoms with Gasteiger partial charge in [0, 0.05) is 12.3 Å². The highest BCUT2D eigenvalue weighted by atomic mass is 32.2. The minimum absolute atomic E-state index is 0.00810. The fourth-order valence-electron chi connectivity index (χ4n) is 2.29. The van der Waals surface area contributed by atoms with Gasteiger partial charge in [0.15, 0.2) is 9.84 Å². The highest BCUT2D eigenvalue weighted by Crippen LogP contribution is 2.17. The van der Waals surface area contributed by atoms with Crippen molar-refractivity contribution in [3.63, 3.8) is 0 Å². The summed E-state index contributed by atoms with van der Waals surface area (Å²) < 4.78 is 50.4. The summed E-state index contributed by atoms with van der Waals surface area (Å²) in [5.41, 5.74) is 0. The average Bonchev–Trinajstić information content (AvgIpc) is 2.40. The molecule has 0 aromatic heterocycles. The summed E-state index contributed by atoms with van der Waals surface area (Å²) in [6.45, 7) is 1.69. The smallest absolute Gasteiger partial charge is 0.240 e. The molecule has 0 saturated carbocycles. The Bertz CT molecular complexity index is 705. The molecule has 1 aromatic rings. The molecule has 0 aliphatic carbocycles. The summed E-state index contributed by atoms with van der Waals surface area (Å²) in [6.07, 6.45) is 2.56. The lowest BCUT2D eigenvalue weighted by atomic mass is 10.1. The highest BCUT2D eigenvalue weighted by Gasteiger charge is 2.24. The minimum Gasteiger partial charge on any atom is -0.306 e. The molecule has 1 aliphatic rings. The molecule has 0 spiro atoms. The molecule has 0 atom stereocenters. The first-order valence-electron chi connectivity index (χ1n) is 6.69. The molecule has 6 nitrogen and oxygen atoms in total. The van der Waals surface area contributed by atoms with Gasteiger partial charge >= 0.3 is 0 Å². The number of sulfone groups is 1. The third-order valence-corrected chi connectivity index (χ3v) is 6.21. The average molecular weight is 332 g/mol. The van der Waals surface area contributed by atoms with Crippen LogP contribution in [0, 0.1) is 0 Å². The van der Waals surface area contributed by atoms with Crippen molar-refractivity contribution in [1.82, 2.24) is 9.62 Å². The van der Waals surface area contributed by atoms with Crippen LogP contribution in [0.25, 0.3) is 0 Å². The second-order valence-corrected chi connectivity index (χ2v) is 9.18. The molecule has 1 aromatic carbocycles. The number of piperidine rings is 1. The Kier molecular flexibility index (Phi) is 4.72. The Morgan fingerprint density at radius 2 is 1.67 bits per heavy atom. The zero-order valence-corrected chi connectivity index (χ0v) is 13.7. The third kappa shape index (κ3) is 4.26. The van der Waals surface area contributed by atoms with E-state index in [0.717, 1.165) is 32.2 Å². The van der Waals surface area contributed by atoms with Crippen LogP contribution < -0.4 is 4.72 Å². The van der Waals surface area contributed by atoms with E-state index in [9.17, 15) is 16.8 Å². The van der Waals surface area contributed by atoms with Gasteiger partial charge in [-0.05, 0) is 51.2 Å². The van der Waals surface area contributed by atoms with Crippen molar-refractivity contribution < 1.29 is 16.8 Å². The van der Waals surface area contributed by atoms with Crippen molar-refractivity contribution in [1.29, 1.82) is 0 Å². The quantitative estimate of drug-likeness (QED) is 0.866. The van der Waals surface area contributed by atoms with Gasteiger partial charge in [-0.1, -0.05) is 6.07 Å². The molecule has 1 aliphatic heterocycles. The first-order valence-corrected chi connectivity index (χ1v) is 10.1. The van der Waals surface area contributed by atoms with Gasteiger partial charge in [-0.15, -0.1) is 0 Å². The first kappa shape index (κ1) is 16.4. The maximum Gasteiger partial charge on any atom is 0.240 e. The molecule has 8 heteroatoms. The Balaban J connectivity index is 2.20. The molecule has 0 radical (unpaired) electrons. The number of hydrogen-bond donors (Lipinski definition) is 1. The Morgan fingerprint density at radius 3 is 2.24 bits per heavy atom. The molecule has 118 valence electrons. The summed E-state index contributed by atoms with van der Waals surface area (Å²) in [7, 11) is -5.12. The van der Waals surface area contributed by atoms with Gasteiger partial charge in [0.25, 0.3) is 0 Å². The number of sulfonamides is 1. The van der Waals surface area contributed by atoms with Crippen molar-refractivity contribution >= 4 is 19.9 Å². The van der Waals surface area contributed by atoms with E-state index < -0.39 is 19.9 Å². The van der Waals surface area contributed by atoms with E-state index >= 15 is 0 Å². The zero-order valence-electron chi connectivity index (χ0n) is 12.1. The summed E-state index contributed by atoms with van der Waals surface area (Å²) in [4.78, 5) is 2.15. The fourth-order valence-corrected chi connectivity index (χ4v) is 4.38. The number of benzene rings is 1. The van der Waals surface area contributed by atoms with E-state index in [1.807, 2.05) is 7.05 Å². The molecule has 1 fully saturated rings. The van der Waals surface area contributed by atoms with Gasteiger partial charge in [-0.3, -0.25) is 0 Å².